The molecule has 7 heteroatoms. The van der Waals surface area contributed by atoms with Crippen LogP contribution >= 0.6 is 24.0 Å². The Morgan fingerprint density at radius 2 is 2.04 bits per heavy atom. The first kappa shape index (κ1) is 17.7. The number of benzene rings is 1. The molecule has 0 aliphatic carbocycles. The zero-order chi connectivity index (χ0) is 16.9. The van der Waals surface area contributed by atoms with E-state index in [0.717, 1.165) is 50.6 Å². The summed E-state index contributed by atoms with van der Waals surface area (Å²) in [5.74, 6) is 1.25. The van der Waals surface area contributed by atoms with Crippen molar-refractivity contribution in [2.75, 3.05) is 57.0 Å². The molecule has 2 aliphatic heterocycles. The van der Waals surface area contributed by atoms with Crippen LogP contribution in [0.3, 0.4) is 0 Å². The molecule has 2 saturated heterocycles. The Bertz CT molecular complexity index is 587. The van der Waals surface area contributed by atoms with Gasteiger partial charge in [0.1, 0.15) is 10.1 Å². The summed E-state index contributed by atoms with van der Waals surface area (Å²) in [6.45, 7) is 6.31. The van der Waals surface area contributed by atoms with E-state index in [1.807, 2.05) is 24.3 Å². The Balaban J connectivity index is 1.47. The van der Waals surface area contributed by atoms with Gasteiger partial charge in [-0.1, -0.05) is 30.0 Å². The van der Waals surface area contributed by atoms with Crippen LogP contribution in [0.25, 0.3) is 0 Å². The molecule has 0 spiro atoms. The largest absolute Gasteiger partial charge is 0.493 e. The summed E-state index contributed by atoms with van der Waals surface area (Å²) in [6.07, 6.45) is 1.00. The van der Waals surface area contributed by atoms with Crippen LogP contribution < -0.4 is 9.64 Å². The number of amides is 1. The normalized spacial score (nSPS) is 20.0. The van der Waals surface area contributed by atoms with Gasteiger partial charge in [0.2, 0.25) is 5.91 Å². The van der Waals surface area contributed by atoms with Gasteiger partial charge in [-0.05, 0) is 25.6 Å². The van der Waals surface area contributed by atoms with E-state index in [4.69, 9.17) is 17.0 Å². The number of ether oxygens (including phenoxy) is 1. The maximum atomic E-state index is 11.9. The van der Waals surface area contributed by atoms with Gasteiger partial charge in [-0.3, -0.25) is 9.69 Å². The summed E-state index contributed by atoms with van der Waals surface area (Å²) in [5.41, 5.74) is 0.798. The van der Waals surface area contributed by atoms with Crippen LogP contribution in [-0.4, -0.2) is 72.2 Å². The van der Waals surface area contributed by atoms with E-state index in [1.165, 1.54) is 11.8 Å². The molecule has 1 amide bonds. The lowest BCUT2D eigenvalue weighted by Gasteiger charge is -2.32. The molecule has 24 heavy (non-hydrogen) atoms. The van der Waals surface area contributed by atoms with Crippen LogP contribution in [0, 0.1) is 0 Å². The van der Waals surface area contributed by atoms with E-state index in [-0.39, 0.29) is 5.91 Å². The lowest BCUT2D eigenvalue weighted by atomic mass is 10.2. The molecule has 5 nitrogen and oxygen atoms in total. The monoisotopic (exact) mass is 365 g/mol. The van der Waals surface area contributed by atoms with Gasteiger partial charge in [-0.15, -0.1) is 0 Å². The summed E-state index contributed by atoms with van der Waals surface area (Å²) in [4.78, 5) is 18.4. The molecule has 0 radical (unpaired) electrons. The number of carbonyl (C=O) groups excluding carboxylic acids is 1. The third kappa shape index (κ3) is 4.47. The van der Waals surface area contributed by atoms with Gasteiger partial charge in [0.05, 0.1) is 18.0 Å². The number of anilines is 1. The van der Waals surface area contributed by atoms with Crippen LogP contribution in [0.1, 0.15) is 6.42 Å². The van der Waals surface area contributed by atoms with Crippen molar-refractivity contribution in [3.63, 3.8) is 0 Å². The first-order valence-corrected chi connectivity index (χ1v) is 9.66. The highest BCUT2D eigenvalue weighted by molar-refractivity contribution is 8.24. The van der Waals surface area contributed by atoms with E-state index < -0.39 is 0 Å². The van der Waals surface area contributed by atoms with Gasteiger partial charge < -0.3 is 14.5 Å². The molecule has 0 bridgehead atoms. The predicted octanol–water partition coefficient (Wildman–Crippen LogP) is 2.07. The molecule has 0 unspecified atom stereocenters. The molecule has 0 N–H and O–H groups in total. The van der Waals surface area contributed by atoms with E-state index >= 15 is 0 Å². The quantitative estimate of drug-likeness (QED) is 0.567. The van der Waals surface area contributed by atoms with E-state index in [0.29, 0.717) is 16.7 Å². The zero-order valence-electron chi connectivity index (χ0n) is 13.9. The lowest BCUT2D eigenvalue weighted by molar-refractivity contribution is -0.115. The third-order valence-corrected chi connectivity index (χ3v) is 5.67. The molecule has 3 rings (SSSR count). The summed E-state index contributed by atoms with van der Waals surface area (Å²) < 4.78 is 6.48. The number of hydrogen-bond acceptors (Lipinski definition) is 6. The van der Waals surface area contributed by atoms with Crippen LogP contribution in [0.4, 0.5) is 5.69 Å². The molecule has 2 aliphatic rings. The highest BCUT2D eigenvalue weighted by Gasteiger charge is 2.28. The topological polar surface area (TPSA) is 36.0 Å². The minimum Gasteiger partial charge on any atom is -0.493 e. The van der Waals surface area contributed by atoms with Crippen LogP contribution in [-0.2, 0) is 4.79 Å². The maximum Gasteiger partial charge on any atom is 0.243 e. The first-order chi connectivity index (χ1) is 11.6. The van der Waals surface area contributed by atoms with E-state index in [2.05, 4.69) is 16.8 Å². The SMILES string of the molecule is CN1CCN(CCCOc2cccc(N3C(=O)CSC3=S)c2)CC1. The van der Waals surface area contributed by atoms with E-state index in [9.17, 15) is 4.79 Å². The van der Waals surface area contributed by atoms with Crippen molar-refractivity contribution in [3.8, 4) is 5.75 Å². The molecule has 0 aromatic heterocycles. The second-order valence-corrected chi connectivity index (χ2v) is 7.74. The van der Waals surface area contributed by atoms with Crippen LogP contribution in [0.15, 0.2) is 24.3 Å². The molecule has 130 valence electrons. The number of likely N-dealkylation sites (N-methyl/N-ethyl adjacent to an activating group) is 1. The Morgan fingerprint density at radius 1 is 1.25 bits per heavy atom. The molecule has 2 heterocycles. The molecule has 1 aromatic carbocycles. The Kier molecular flexibility index (Phi) is 6.10. The van der Waals surface area contributed by atoms with Gasteiger partial charge in [0.25, 0.3) is 0 Å². The van der Waals surface area contributed by atoms with Gasteiger partial charge in [-0.2, -0.15) is 0 Å². The van der Waals surface area contributed by atoms with Crippen molar-refractivity contribution in [3.05, 3.63) is 24.3 Å². The maximum absolute atomic E-state index is 11.9. The smallest absolute Gasteiger partial charge is 0.243 e. The minimum absolute atomic E-state index is 0.0391. The fourth-order valence-electron chi connectivity index (χ4n) is 2.87. The van der Waals surface area contributed by atoms with E-state index in [1.54, 1.807) is 4.90 Å². The van der Waals surface area contributed by atoms with Gasteiger partial charge >= 0.3 is 0 Å². The average Bonchev–Trinajstić information content (AvgIpc) is 2.92. The number of thiocarbonyl (C=S) groups is 1. The number of piperazine rings is 1. The summed E-state index contributed by atoms with van der Waals surface area (Å²) in [5, 5.41) is 0. The molecular formula is C17H23N3O2S2. The molecule has 2 fully saturated rings. The molecular weight excluding hydrogens is 342 g/mol. The number of carbonyl (C=O) groups is 1. The Morgan fingerprint density at radius 3 is 2.75 bits per heavy atom. The second kappa shape index (κ2) is 8.29. The fourth-order valence-corrected chi connectivity index (χ4v) is 3.96. The van der Waals surface area contributed by atoms with Crippen LogP contribution in [0.2, 0.25) is 0 Å². The molecule has 0 atom stereocenters. The summed E-state index contributed by atoms with van der Waals surface area (Å²) >= 11 is 6.66. The van der Waals surface area contributed by atoms with Crippen molar-refractivity contribution in [1.29, 1.82) is 0 Å². The van der Waals surface area contributed by atoms with Crippen molar-refractivity contribution in [1.82, 2.24) is 9.80 Å². The van der Waals surface area contributed by atoms with Crippen molar-refractivity contribution >= 4 is 39.9 Å². The number of thioether (sulfide) groups is 1. The molecule has 0 saturated carbocycles. The van der Waals surface area contributed by atoms with Crippen molar-refractivity contribution in [2.24, 2.45) is 0 Å². The predicted molar refractivity (Wildman–Crippen MR) is 103 cm³/mol. The molecule has 1 aromatic rings. The Labute approximate surface area is 152 Å². The first-order valence-electron chi connectivity index (χ1n) is 8.27. The fraction of sp³-hybridized carbons (Fsp3) is 0.529. The Hall–Kier alpha value is -1.15. The van der Waals surface area contributed by atoms with Crippen LogP contribution in [0.5, 0.6) is 5.75 Å². The lowest BCUT2D eigenvalue weighted by Crippen LogP contribution is -2.44. The second-order valence-electron chi connectivity index (χ2n) is 6.13. The van der Waals surface area contributed by atoms with Gasteiger partial charge in [0.15, 0.2) is 0 Å². The number of hydrogen-bond donors (Lipinski definition) is 0. The summed E-state index contributed by atoms with van der Waals surface area (Å²) in [7, 11) is 2.17. The number of nitrogens with zero attached hydrogens (tertiary/aromatic N) is 3. The van der Waals surface area contributed by atoms with Crippen molar-refractivity contribution < 1.29 is 9.53 Å². The highest BCUT2D eigenvalue weighted by Crippen LogP contribution is 2.29. The number of rotatable bonds is 6. The third-order valence-electron chi connectivity index (χ3n) is 4.31. The minimum atomic E-state index is 0.0391. The van der Waals surface area contributed by atoms with Gasteiger partial charge in [0, 0.05) is 38.8 Å². The standard InChI is InChI=1S/C17H23N3O2S2/c1-18-7-9-19(10-8-18)6-3-11-22-15-5-2-4-14(12-15)20-16(21)13-24-17(20)23/h2,4-5,12H,3,6-11,13H2,1H3. The highest BCUT2D eigenvalue weighted by atomic mass is 32.2. The zero-order valence-corrected chi connectivity index (χ0v) is 15.6. The van der Waals surface area contributed by atoms with Crippen molar-refractivity contribution in [2.45, 2.75) is 6.42 Å². The average molecular weight is 366 g/mol. The summed E-state index contributed by atoms with van der Waals surface area (Å²) in [6, 6.07) is 7.62. The van der Waals surface area contributed by atoms with Gasteiger partial charge in [-0.25, -0.2) is 0 Å².